The van der Waals surface area contributed by atoms with Gasteiger partial charge in [0.1, 0.15) is 11.5 Å². The molecule has 1 aromatic heterocycles. The van der Waals surface area contributed by atoms with Crippen LogP contribution in [0.2, 0.25) is 0 Å². The predicted molar refractivity (Wildman–Crippen MR) is 122 cm³/mol. The Balaban J connectivity index is 1.51. The maximum Gasteiger partial charge on any atom is 0.223 e. The highest BCUT2D eigenvalue weighted by atomic mass is 16.5. The Bertz CT molecular complexity index is 1060. The number of aromatic nitrogens is 2. The highest BCUT2D eigenvalue weighted by Crippen LogP contribution is 2.31. The van der Waals surface area contributed by atoms with Gasteiger partial charge in [-0.2, -0.15) is 10.2 Å². The lowest BCUT2D eigenvalue weighted by atomic mass is 10.1. The lowest BCUT2D eigenvalue weighted by Gasteiger charge is -2.19. The van der Waals surface area contributed by atoms with Crippen LogP contribution in [-0.2, 0) is 11.3 Å². The number of nitrogens with two attached hydrogens (primary N) is 1. The van der Waals surface area contributed by atoms with Crippen LogP contribution in [0.4, 0.5) is 5.69 Å². The van der Waals surface area contributed by atoms with E-state index in [1.165, 1.54) is 0 Å². The van der Waals surface area contributed by atoms with Crippen molar-refractivity contribution >= 4 is 11.6 Å². The van der Waals surface area contributed by atoms with Crippen molar-refractivity contribution in [2.45, 2.75) is 39.7 Å². The molecule has 3 aromatic rings. The van der Waals surface area contributed by atoms with E-state index in [0.29, 0.717) is 42.0 Å². The molecular formula is C25H28N4O2. The van der Waals surface area contributed by atoms with Crippen molar-refractivity contribution in [1.29, 1.82) is 0 Å². The summed E-state index contributed by atoms with van der Waals surface area (Å²) in [5.74, 6) is 2.32. The zero-order chi connectivity index (χ0) is 22.0. The first-order valence-electron chi connectivity index (χ1n) is 10.7. The van der Waals surface area contributed by atoms with E-state index in [1.807, 2.05) is 59.5 Å². The normalized spacial score (nSPS) is 16.2. The van der Waals surface area contributed by atoms with Crippen molar-refractivity contribution in [1.82, 2.24) is 15.1 Å². The molecule has 2 aromatic carbocycles. The molecule has 1 amide bonds. The minimum atomic E-state index is 0.176. The summed E-state index contributed by atoms with van der Waals surface area (Å²) in [6, 6.07) is 17.3. The number of rotatable bonds is 6. The maximum absolute atomic E-state index is 12.2. The van der Waals surface area contributed by atoms with Crippen LogP contribution in [0.25, 0.3) is 11.3 Å². The molecule has 1 aliphatic rings. The van der Waals surface area contributed by atoms with Gasteiger partial charge < -0.3 is 15.4 Å². The molecule has 0 spiro atoms. The van der Waals surface area contributed by atoms with Gasteiger partial charge in [-0.1, -0.05) is 20.8 Å². The molecule has 31 heavy (non-hydrogen) atoms. The molecular weight excluding hydrogens is 388 g/mol. The molecule has 1 saturated heterocycles. The highest BCUT2D eigenvalue weighted by molar-refractivity contribution is 5.78. The number of amides is 1. The Hall–Kier alpha value is -3.41. The van der Waals surface area contributed by atoms with Gasteiger partial charge in [0.15, 0.2) is 0 Å². The van der Waals surface area contributed by atoms with Crippen molar-refractivity contribution < 1.29 is 9.53 Å². The quantitative estimate of drug-likeness (QED) is 0.571. The average molecular weight is 417 g/mol. The molecule has 160 valence electrons. The number of nitrogen functional groups attached to an aromatic ring is 1. The van der Waals surface area contributed by atoms with E-state index in [4.69, 9.17) is 10.5 Å². The van der Waals surface area contributed by atoms with Crippen molar-refractivity contribution in [2.75, 3.05) is 12.3 Å². The van der Waals surface area contributed by atoms with Crippen LogP contribution >= 0.6 is 0 Å². The third-order valence-electron chi connectivity index (χ3n) is 5.51. The lowest BCUT2D eigenvalue weighted by Crippen LogP contribution is -2.24. The molecule has 6 nitrogen and oxygen atoms in total. The molecule has 1 unspecified atom stereocenters. The topological polar surface area (TPSA) is 81.3 Å². The van der Waals surface area contributed by atoms with Gasteiger partial charge in [-0.05, 0) is 66.4 Å². The van der Waals surface area contributed by atoms with E-state index in [1.54, 1.807) is 0 Å². The van der Waals surface area contributed by atoms with E-state index < -0.39 is 0 Å². The molecule has 1 fully saturated rings. The van der Waals surface area contributed by atoms with Crippen LogP contribution in [0.3, 0.4) is 0 Å². The summed E-state index contributed by atoms with van der Waals surface area (Å²) in [5, 5.41) is 8.64. The minimum Gasteiger partial charge on any atom is -0.457 e. The number of nitrogens with zero attached hydrogens (tertiary/aromatic N) is 3. The van der Waals surface area contributed by atoms with Crippen LogP contribution < -0.4 is 10.5 Å². The number of hydrogen-bond acceptors (Lipinski definition) is 5. The largest absolute Gasteiger partial charge is 0.457 e. The molecule has 2 N–H and O–H groups in total. The number of likely N-dealkylation sites (tertiary alicyclic amines) is 1. The van der Waals surface area contributed by atoms with Gasteiger partial charge in [0, 0.05) is 36.3 Å². The van der Waals surface area contributed by atoms with E-state index in [2.05, 4.69) is 31.0 Å². The third kappa shape index (κ3) is 4.85. The van der Waals surface area contributed by atoms with Crippen LogP contribution in [0.15, 0.2) is 54.6 Å². The summed E-state index contributed by atoms with van der Waals surface area (Å²) in [6.07, 6.45) is 0.598. The fourth-order valence-corrected chi connectivity index (χ4v) is 3.78. The fourth-order valence-electron chi connectivity index (χ4n) is 3.78. The number of anilines is 1. The fraction of sp³-hybridized carbons (Fsp3) is 0.320. The summed E-state index contributed by atoms with van der Waals surface area (Å²) >= 11 is 0. The molecule has 0 aliphatic carbocycles. The second kappa shape index (κ2) is 8.76. The van der Waals surface area contributed by atoms with Crippen molar-refractivity contribution in [3.8, 4) is 22.8 Å². The van der Waals surface area contributed by atoms with Gasteiger partial charge in [-0.25, -0.2) is 0 Å². The number of carbonyl (C=O) groups excluding carboxylic acids is 1. The van der Waals surface area contributed by atoms with Crippen molar-refractivity contribution in [3.05, 3.63) is 65.9 Å². The van der Waals surface area contributed by atoms with Gasteiger partial charge in [-0.15, -0.1) is 0 Å². The predicted octanol–water partition coefficient (Wildman–Crippen LogP) is 5.01. The Morgan fingerprint density at radius 1 is 1.10 bits per heavy atom. The van der Waals surface area contributed by atoms with Crippen LogP contribution in [-0.4, -0.2) is 27.5 Å². The number of benzene rings is 2. The summed E-state index contributed by atoms with van der Waals surface area (Å²) in [5.41, 5.74) is 10.3. The molecule has 0 bridgehead atoms. The first kappa shape index (κ1) is 20.8. The molecule has 6 heteroatoms. The number of hydrogen-bond donors (Lipinski definition) is 1. The molecule has 0 radical (unpaired) electrons. The zero-order valence-electron chi connectivity index (χ0n) is 18.2. The average Bonchev–Trinajstić information content (AvgIpc) is 3.07. The standard InChI is InChI=1S/C25H28N4O2/c1-16(2)22-9-10-23(28-27-22)18-4-7-21(8-5-18)31-24-11-6-20(26)13-19(24)15-29-14-17(3)12-25(29)30/h4-11,13,16-17H,12,14-15,26H2,1-3H3. The Morgan fingerprint density at radius 3 is 2.48 bits per heavy atom. The zero-order valence-corrected chi connectivity index (χ0v) is 18.2. The Morgan fingerprint density at radius 2 is 1.87 bits per heavy atom. The van der Waals surface area contributed by atoms with Gasteiger partial charge in [0.25, 0.3) is 0 Å². The van der Waals surface area contributed by atoms with Crippen molar-refractivity contribution in [2.24, 2.45) is 5.92 Å². The van der Waals surface area contributed by atoms with Gasteiger partial charge >= 0.3 is 0 Å². The molecule has 1 atom stereocenters. The van der Waals surface area contributed by atoms with Crippen LogP contribution in [0.1, 0.15) is 44.4 Å². The van der Waals surface area contributed by atoms with Crippen molar-refractivity contribution in [3.63, 3.8) is 0 Å². The number of ether oxygens (including phenoxy) is 1. The highest BCUT2D eigenvalue weighted by Gasteiger charge is 2.27. The summed E-state index contributed by atoms with van der Waals surface area (Å²) in [4.78, 5) is 14.1. The van der Waals surface area contributed by atoms with E-state index in [-0.39, 0.29) is 5.91 Å². The third-order valence-corrected chi connectivity index (χ3v) is 5.51. The smallest absolute Gasteiger partial charge is 0.223 e. The first-order chi connectivity index (χ1) is 14.9. The summed E-state index contributed by atoms with van der Waals surface area (Å²) in [7, 11) is 0. The first-order valence-corrected chi connectivity index (χ1v) is 10.7. The second-order valence-corrected chi connectivity index (χ2v) is 8.58. The Kier molecular flexibility index (Phi) is 5.89. The molecule has 4 rings (SSSR count). The van der Waals surface area contributed by atoms with E-state index >= 15 is 0 Å². The maximum atomic E-state index is 12.2. The van der Waals surface area contributed by atoms with Crippen LogP contribution in [0.5, 0.6) is 11.5 Å². The number of carbonyl (C=O) groups is 1. The second-order valence-electron chi connectivity index (χ2n) is 8.58. The molecule has 0 saturated carbocycles. The van der Waals surface area contributed by atoms with Gasteiger partial charge in [-0.3, -0.25) is 4.79 Å². The summed E-state index contributed by atoms with van der Waals surface area (Å²) < 4.78 is 6.15. The molecule has 2 heterocycles. The lowest BCUT2D eigenvalue weighted by molar-refractivity contribution is -0.128. The monoisotopic (exact) mass is 416 g/mol. The SMILES string of the molecule is CC1CC(=O)N(Cc2cc(N)ccc2Oc2ccc(-c3ccc(C(C)C)nn3)cc2)C1. The minimum absolute atomic E-state index is 0.176. The van der Waals surface area contributed by atoms with E-state index in [0.717, 1.165) is 29.1 Å². The summed E-state index contributed by atoms with van der Waals surface area (Å²) in [6.45, 7) is 7.55. The van der Waals surface area contributed by atoms with E-state index in [9.17, 15) is 4.79 Å². The molecule has 1 aliphatic heterocycles. The van der Waals surface area contributed by atoms with Crippen LogP contribution in [0, 0.1) is 5.92 Å². The Labute approximate surface area is 183 Å². The van der Waals surface area contributed by atoms with Gasteiger partial charge in [0.05, 0.1) is 11.4 Å². The van der Waals surface area contributed by atoms with Gasteiger partial charge in [0.2, 0.25) is 5.91 Å².